The number of hydrogen-bond acceptors (Lipinski definition) is 2. The van der Waals surface area contributed by atoms with Crippen LogP contribution in [0.3, 0.4) is 0 Å². The maximum atomic E-state index is 5.87. The topological polar surface area (TPSA) is 18.5 Å². The predicted molar refractivity (Wildman–Crippen MR) is 56.8 cm³/mol. The van der Waals surface area contributed by atoms with Gasteiger partial charge >= 0.3 is 93.6 Å². The number of methoxy groups -OCH3 is 1. The third-order valence-electron chi connectivity index (χ3n) is 2.59. The van der Waals surface area contributed by atoms with Gasteiger partial charge in [-0.3, -0.25) is 0 Å². The van der Waals surface area contributed by atoms with E-state index in [-0.39, 0.29) is 5.60 Å². The van der Waals surface area contributed by atoms with Crippen LogP contribution in [-0.4, -0.2) is 30.4 Å². The van der Waals surface area contributed by atoms with Crippen LogP contribution >= 0.6 is 0 Å². The van der Waals surface area contributed by atoms with Gasteiger partial charge in [0.2, 0.25) is 0 Å². The van der Waals surface area contributed by atoms with Crippen molar-refractivity contribution in [3.63, 3.8) is 0 Å². The molecule has 1 aromatic rings. The SMILES string of the molecule is [Li][c]1ccc2c(c1OC)OC(C)(C)C2. The van der Waals surface area contributed by atoms with Crippen LogP contribution in [0.5, 0.6) is 11.5 Å². The first-order chi connectivity index (χ1) is 6.53. The van der Waals surface area contributed by atoms with Crippen molar-refractivity contribution in [2.24, 2.45) is 0 Å². The molecule has 0 fully saturated rings. The van der Waals surface area contributed by atoms with E-state index >= 15 is 0 Å². The Hall–Kier alpha value is -0.583. The van der Waals surface area contributed by atoms with Crippen LogP contribution in [0.25, 0.3) is 0 Å². The molecule has 70 valence electrons. The van der Waals surface area contributed by atoms with Gasteiger partial charge in [0.15, 0.2) is 0 Å². The van der Waals surface area contributed by atoms with Crippen LogP contribution < -0.4 is 13.7 Å². The molecule has 14 heavy (non-hydrogen) atoms. The number of ether oxygens (including phenoxy) is 2. The van der Waals surface area contributed by atoms with E-state index in [2.05, 4.69) is 26.0 Å². The minimum absolute atomic E-state index is 0.0938. The van der Waals surface area contributed by atoms with E-state index in [4.69, 9.17) is 9.47 Å². The monoisotopic (exact) mass is 184 g/mol. The molecule has 1 aromatic carbocycles. The van der Waals surface area contributed by atoms with Crippen molar-refractivity contribution in [1.29, 1.82) is 0 Å². The van der Waals surface area contributed by atoms with Crippen LogP contribution in [0.4, 0.5) is 0 Å². The summed E-state index contributed by atoms with van der Waals surface area (Å²) in [5.41, 5.74) is 1.15. The summed E-state index contributed by atoms with van der Waals surface area (Å²) < 4.78 is 12.4. The summed E-state index contributed by atoms with van der Waals surface area (Å²) >= 11 is 2.04. The van der Waals surface area contributed by atoms with E-state index in [9.17, 15) is 0 Å². The fourth-order valence-corrected chi connectivity index (χ4v) is 1.98. The Bertz CT molecular complexity index is 372. The second-order valence-electron chi connectivity index (χ2n) is 4.44. The van der Waals surface area contributed by atoms with E-state index in [0.717, 1.165) is 22.2 Å². The van der Waals surface area contributed by atoms with Crippen molar-refractivity contribution in [3.05, 3.63) is 17.7 Å². The van der Waals surface area contributed by atoms with Gasteiger partial charge in [-0.2, -0.15) is 0 Å². The Labute approximate surface area is 93.8 Å². The molecular weight excluding hydrogens is 171 g/mol. The first kappa shape index (κ1) is 9.95. The first-order valence-corrected chi connectivity index (χ1v) is 4.89. The van der Waals surface area contributed by atoms with E-state index < -0.39 is 0 Å². The Morgan fingerprint density at radius 1 is 1.43 bits per heavy atom. The van der Waals surface area contributed by atoms with Crippen LogP contribution in [0.15, 0.2) is 12.1 Å². The second-order valence-corrected chi connectivity index (χ2v) is 4.44. The quantitative estimate of drug-likeness (QED) is 0.610. The predicted octanol–water partition coefficient (Wildman–Crippen LogP) is 1.20. The molecule has 0 saturated carbocycles. The number of benzene rings is 1. The van der Waals surface area contributed by atoms with Gasteiger partial charge in [-0.15, -0.1) is 0 Å². The number of fused-ring (bicyclic) bond motifs is 1. The summed E-state index contributed by atoms with van der Waals surface area (Å²) in [4.78, 5) is 0. The van der Waals surface area contributed by atoms with Crippen molar-refractivity contribution in [2.75, 3.05) is 7.11 Å². The number of hydrogen-bond donors (Lipinski definition) is 0. The van der Waals surface area contributed by atoms with Gasteiger partial charge < -0.3 is 0 Å². The molecule has 0 spiro atoms. The Morgan fingerprint density at radius 3 is 2.79 bits per heavy atom. The van der Waals surface area contributed by atoms with Gasteiger partial charge in [0.1, 0.15) is 0 Å². The van der Waals surface area contributed by atoms with Crippen molar-refractivity contribution in [1.82, 2.24) is 0 Å². The molecule has 0 radical (unpaired) electrons. The molecule has 0 bridgehead atoms. The van der Waals surface area contributed by atoms with Gasteiger partial charge in [0.05, 0.1) is 0 Å². The normalized spacial score (nSPS) is 17.5. The third kappa shape index (κ3) is 1.53. The summed E-state index contributed by atoms with van der Waals surface area (Å²) in [5, 5.41) is 0. The first-order valence-electron chi connectivity index (χ1n) is 4.89. The van der Waals surface area contributed by atoms with Crippen LogP contribution in [0.1, 0.15) is 19.4 Å². The van der Waals surface area contributed by atoms with Crippen molar-refractivity contribution >= 4 is 22.0 Å². The average molecular weight is 184 g/mol. The molecule has 0 atom stereocenters. The second kappa shape index (κ2) is 3.22. The van der Waals surface area contributed by atoms with Crippen LogP contribution in [0, 0.1) is 0 Å². The fraction of sp³-hybridized carbons (Fsp3) is 0.455. The van der Waals surface area contributed by atoms with E-state index in [1.165, 1.54) is 5.56 Å². The molecular formula is C11H13LiO2. The summed E-state index contributed by atoms with van der Waals surface area (Å²) in [7, 11) is 1.69. The minimum atomic E-state index is -0.0938. The fourth-order valence-electron chi connectivity index (χ4n) is 1.98. The molecule has 0 unspecified atom stereocenters. The average Bonchev–Trinajstić information content (AvgIpc) is 2.39. The molecule has 2 rings (SSSR count). The van der Waals surface area contributed by atoms with Crippen LogP contribution in [-0.2, 0) is 6.42 Å². The zero-order valence-corrected chi connectivity index (χ0v) is 9.18. The van der Waals surface area contributed by atoms with Crippen molar-refractivity contribution < 1.29 is 9.47 Å². The summed E-state index contributed by atoms with van der Waals surface area (Å²) in [5.74, 6) is 1.81. The molecule has 1 heterocycles. The molecule has 1 aliphatic heterocycles. The van der Waals surface area contributed by atoms with Crippen molar-refractivity contribution in [3.8, 4) is 11.5 Å². The summed E-state index contributed by atoms with van der Waals surface area (Å²) in [6.45, 7) is 4.20. The van der Waals surface area contributed by atoms with Gasteiger partial charge in [0, 0.05) is 0 Å². The molecule has 0 aromatic heterocycles. The van der Waals surface area contributed by atoms with Gasteiger partial charge in [-0.05, 0) is 0 Å². The molecule has 0 N–H and O–H groups in total. The van der Waals surface area contributed by atoms with E-state index in [1.54, 1.807) is 7.11 Å². The van der Waals surface area contributed by atoms with Crippen LogP contribution in [0.2, 0.25) is 0 Å². The number of rotatable bonds is 1. The van der Waals surface area contributed by atoms with Gasteiger partial charge in [-0.1, -0.05) is 0 Å². The van der Waals surface area contributed by atoms with E-state index in [1.807, 2.05) is 17.7 Å². The van der Waals surface area contributed by atoms with Gasteiger partial charge in [-0.25, -0.2) is 0 Å². The summed E-state index contributed by atoms with van der Waals surface area (Å²) in [6, 6.07) is 4.21. The molecule has 0 saturated heterocycles. The standard InChI is InChI=1S/C11H13O2.Li/c1-11(2)7-8-5-4-6-9(12-3)10(8)13-11;/h4-5H,7H2,1-3H3;. The maximum absolute atomic E-state index is 5.87. The zero-order valence-electron chi connectivity index (χ0n) is 9.18. The third-order valence-corrected chi connectivity index (χ3v) is 2.59. The zero-order chi connectivity index (χ0) is 10.3. The molecule has 0 amide bonds. The summed E-state index contributed by atoms with van der Waals surface area (Å²) in [6.07, 6.45) is 0.957. The Morgan fingerprint density at radius 2 is 2.14 bits per heavy atom. The molecule has 3 heteroatoms. The Balaban J connectivity index is 2.52. The Kier molecular flexibility index (Phi) is 2.29. The molecule has 2 nitrogen and oxygen atoms in total. The molecule has 0 aliphatic carbocycles. The van der Waals surface area contributed by atoms with E-state index in [0.29, 0.717) is 0 Å². The van der Waals surface area contributed by atoms with Gasteiger partial charge in [0.25, 0.3) is 0 Å². The van der Waals surface area contributed by atoms with Crippen molar-refractivity contribution in [2.45, 2.75) is 25.9 Å². The molecule has 1 aliphatic rings.